The Balaban J connectivity index is 1.68. The first-order valence-electron chi connectivity index (χ1n) is 11.1. The third kappa shape index (κ3) is 4.21. The van der Waals surface area contributed by atoms with Gasteiger partial charge >= 0.3 is 0 Å². The lowest BCUT2D eigenvalue weighted by molar-refractivity contribution is -0.0390. The van der Waals surface area contributed by atoms with Crippen molar-refractivity contribution in [3.63, 3.8) is 0 Å². The number of carbonyl (C=O) groups excluding carboxylic acids is 1. The standard InChI is InChI=1S/C25H23BrClN5O2/c1-31(2)14-29-22-16-6-5-10-28-23(16)19(26)12-17(22)25(33)15-8-9-20(27)24-18(15)13-32(30-24)21-7-3-4-11-34-21/h5-6,8-10,12-14,21H,3-4,7,11H2,1-2H3/b29-14+. The maximum Gasteiger partial charge on any atom is 0.196 e. The molecule has 9 heteroatoms. The van der Waals surface area contributed by atoms with Crippen LogP contribution in [0.1, 0.15) is 41.4 Å². The molecular weight excluding hydrogens is 518 g/mol. The van der Waals surface area contributed by atoms with Gasteiger partial charge in [0.05, 0.1) is 28.1 Å². The van der Waals surface area contributed by atoms with Crippen LogP contribution in [-0.4, -0.2) is 52.5 Å². The van der Waals surface area contributed by atoms with Crippen molar-refractivity contribution in [2.75, 3.05) is 20.7 Å². The molecule has 1 unspecified atom stereocenters. The fourth-order valence-electron chi connectivity index (χ4n) is 4.19. The highest BCUT2D eigenvalue weighted by molar-refractivity contribution is 9.10. The van der Waals surface area contributed by atoms with Crippen LogP contribution in [0.25, 0.3) is 21.8 Å². The number of benzene rings is 2. The van der Waals surface area contributed by atoms with Crippen LogP contribution in [0.4, 0.5) is 5.69 Å². The van der Waals surface area contributed by atoms with Gasteiger partial charge in [-0.1, -0.05) is 11.6 Å². The number of pyridine rings is 1. The molecule has 5 rings (SSSR count). The molecule has 1 aliphatic rings. The number of halogens is 2. The van der Waals surface area contributed by atoms with Crippen LogP contribution >= 0.6 is 27.5 Å². The molecule has 2 aromatic carbocycles. The van der Waals surface area contributed by atoms with Crippen LogP contribution in [0.5, 0.6) is 0 Å². The van der Waals surface area contributed by atoms with E-state index in [0.717, 1.165) is 34.6 Å². The van der Waals surface area contributed by atoms with Crippen LogP contribution in [0.2, 0.25) is 5.02 Å². The predicted molar refractivity (Wildman–Crippen MR) is 138 cm³/mol. The number of carbonyl (C=O) groups is 1. The van der Waals surface area contributed by atoms with E-state index >= 15 is 0 Å². The summed E-state index contributed by atoms with van der Waals surface area (Å²) in [6.45, 7) is 0.701. The summed E-state index contributed by atoms with van der Waals surface area (Å²) in [5.74, 6) is -0.164. The third-order valence-corrected chi connectivity index (χ3v) is 6.73. The van der Waals surface area contributed by atoms with E-state index in [2.05, 4.69) is 31.0 Å². The molecule has 7 nitrogen and oxygen atoms in total. The van der Waals surface area contributed by atoms with Gasteiger partial charge in [0.15, 0.2) is 5.78 Å². The second-order valence-electron chi connectivity index (χ2n) is 8.48. The van der Waals surface area contributed by atoms with Gasteiger partial charge in [-0.3, -0.25) is 9.78 Å². The van der Waals surface area contributed by atoms with Crippen LogP contribution < -0.4 is 0 Å². The first-order chi connectivity index (χ1) is 16.4. The van der Waals surface area contributed by atoms with Crippen molar-refractivity contribution in [3.05, 3.63) is 63.3 Å². The molecular formula is C25H23BrClN5O2. The molecule has 1 aliphatic heterocycles. The van der Waals surface area contributed by atoms with E-state index in [0.29, 0.717) is 39.3 Å². The van der Waals surface area contributed by atoms with E-state index in [1.807, 2.05) is 37.3 Å². The SMILES string of the molecule is CN(C)/C=N/c1c(C(=O)c2ccc(Cl)c3nn(C4CCCCO4)cc23)cc(Br)c2ncccc12. The van der Waals surface area contributed by atoms with E-state index in [1.165, 1.54) is 0 Å². The fraction of sp³-hybridized carbons (Fsp3) is 0.280. The highest BCUT2D eigenvalue weighted by atomic mass is 79.9. The molecule has 1 saturated heterocycles. The van der Waals surface area contributed by atoms with E-state index in [4.69, 9.17) is 16.3 Å². The van der Waals surface area contributed by atoms with Crippen LogP contribution in [-0.2, 0) is 4.74 Å². The topological polar surface area (TPSA) is 72.6 Å². The Kier molecular flexibility index (Phi) is 6.38. The zero-order valence-corrected chi connectivity index (χ0v) is 21.2. The van der Waals surface area contributed by atoms with Crippen molar-refractivity contribution in [2.45, 2.75) is 25.5 Å². The van der Waals surface area contributed by atoms with Crippen molar-refractivity contribution in [3.8, 4) is 0 Å². The number of aliphatic imine (C=N–C) groups is 1. The molecule has 0 bridgehead atoms. The zero-order chi connectivity index (χ0) is 23.8. The average molecular weight is 541 g/mol. The maximum atomic E-state index is 14.0. The molecule has 34 heavy (non-hydrogen) atoms. The summed E-state index contributed by atoms with van der Waals surface area (Å²) in [5, 5.41) is 6.65. The number of fused-ring (bicyclic) bond motifs is 2. The summed E-state index contributed by atoms with van der Waals surface area (Å²) in [7, 11) is 3.77. The van der Waals surface area contributed by atoms with Gasteiger partial charge in [-0.2, -0.15) is 5.10 Å². The second kappa shape index (κ2) is 9.44. The molecule has 0 radical (unpaired) electrons. The predicted octanol–water partition coefficient (Wildman–Crippen LogP) is 6.15. The fourth-order valence-corrected chi connectivity index (χ4v) is 4.94. The number of ketones is 1. The minimum Gasteiger partial charge on any atom is -0.369 e. The average Bonchev–Trinajstić information content (AvgIpc) is 3.30. The normalized spacial score (nSPS) is 16.5. The Morgan fingerprint density at radius 2 is 2.09 bits per heavy atom. The first kappa shape index (κ1) is 23.0. The lowest BCUT2D eigenvalue weighted by Crippen LogP contribution is -2.18. The quantitative estimate of drug-likeness (QED) is 0.172. The minimum atomic E-state index is -0.164. The van der Waals surface area contributed by atoms with Crippen LogP contribution in [0.3, 0.4) is 0 Å². The molecule has 3 heterocycles. The van der Waals surface area contributed by atoms with Crippen molar-refractivity contribution in [1.29, 1.82) is 0 Å². The van der Waals surface area contributed by atoms with Gasteiger partial charge in [0, 0.05) is 53.9 Å². The van der Waals surface area contributed by atoms with E-state index in [-0.39, 0.29) is 12.0 Å². The van der Waals surface area contributed by atoms with E-state index < -0.39 is 0 Å². The smallest absolute Gasteiger partial charge is 0.196 e. The van der Waals surface area contributed by atoms with Crippen molar-refractivity contribution in [2.24, 2.45) is 4.99 Å². The lowest BCUT2D eigenvalue weighted by Gasteiger charge is -2.22. The number of nitrogens with zero attached hydrogens (tertiary/aromatic N) is 5. The zero-order valence-electron chi connectivity index (χ0n) is 18.8. The van der Waals surface area contributed by atoms with Crippen LogP contribution in [0.15, 0.2) is 52.2 Å². The molecule has 0 saturated carbocycles. The number of aromatic nitrogens is 3. The Hall–Kier alpha value is -2.81. The number of ether oxygens (including phenoxy) is 1. The highest BCUT2D eigenvalue weighted by Gasteiger charge is 2.24. The molecule has 1 fully saturated rings. The van der Waals surface area contributed by atoms with Gasteiger partial charge in [0.2, 0.25) is 0 Å². The molecule has 0 amide bonds. The Labute approximate surface area is 210 Å². The highest BCUT2D eigenvalue weighted by Crippen LogP contribution is 2.37. The largest absolute Gasteiger partial charge is 0.369 e. The van der Waals surface area contributed by atoms with Crippen molar-refractivity contribution >= 4 is 67.1 Å². The van der Waals surface area contributed by atoms with Crippen molar-refractivity contribution in [1.82, 2.24) is 19.7 Å². The molecule has 0 aliphatic carbocycles. The molecule has 0 spiro atoms. The van der Waals surface area contributed by atoms with Gasteiger partial charge in [-0.25, -0.2) is 9.67 Å². The summed E-state index contributed by atoms with van der Waals surface area (Å²) < 4.78 is 8.41. The summed E-state index contributed by atoms with van der Waals surface area (Å²) in [6.07, 6.45) is 8.12. The number of rotatable bonds is 5. The van der Waals surface area contributed by atoms with E-state index in [9.17, 15) is 4.79 Å². The summed E-state index contributed by atoms with van der Waals surface area (Å²) in [5.41, 5.74) is 2.87. The molecule has 2 aromatic heterocycles. The first-order valence-corrected chi connectivity index (χ1v) is 12.2. The summed E-state index contributed by atoms with van der Waals surface area (Å²) >= 11 is 10.1. The van der Waals surface area contributed by atoms with Gasteiger partial charge in [-0.15, -0.1) is 0 Å². The number of hydrogen-bond acceptors (Lipinski definition) is 5. The summed E-state index contributed by atoms with van der Waals surface area (Å²) in [6, 6.07) is 9.02. The van der Waals surface area contributed by atoms with Gasteiger partial charge in [-0.05, 0) is 65.5 Å². The monoisotopic (exact) mass is 539 g/mol. The van der Waals surface area contributed by atoms with Crippen LogP contribution in [0, 0.1) is 0 Å². The molecule has 1 atom stereocenters. The van der Waals surface area contributed by atoms with E-state index in [1.54, 1.807) is 35.4 Å². The Morgan fingerprint density at radius 3 is 2.85 bits per heavy atom. The second-order valence-corrected chi connectivity index (χ2v) is 9.74. The molecule has 0 N–H and O–H groups in total. The number of hydrogen-bond donors (Lipinski definition) is 0. The van der Waals surface area contributed by atoms with Crippen molar-refractivity contribution < 1.29 is 9.53 Å². The van der Waals surface area contributed by atoms with Gasteiger partial charge in [0.25, 0.3) is 0 Å². The Bertz CT molecular complexity index is 1430. The molecule has 174 valence electrons. The minimum absolute atomic E-state index is 0.152. The third-order valence-electron chi connectivity index (χ3n) is 5.82. The van der Waals surface area contributed by atoms with Gasteiger partial charge < -0.3 is 9.64 Å². The Morgan fingerprint density at radius 1 is 1.24 bits per heavy atom. The lowest BCUT2D eigenvalue weighted by atomic mass is 9.97. The maximum absolute atomic E-state index is 14.0. The van der Waals surface area contributed by atoms with Gasteiger partial charge in [0.1, 0.15) is 11.7 Å². The summed E-state index contributed by atoms with van der Waals surface area (Å²) in [4.78, 5) is 24.9. The molecule has 4 aromatic rings.